The summed E-state index contributed by atoms with van der Waals surface area (Å²) in [5.74, 6) is 0.310. The van der Waals surface area contributed by atoms with E-state index < -0.39 is 10.0 Å². The van der Waals surface area contributed by atoms with Gasteiger partial charge in [-0.05, 0) is 29.5 Å². The van der Waals surface area contributed by atoms with Gasteiger partial charge < -0.3 is 5.32 Å². The van der Waals surface area contributed by atoms with Gasteiger partial charge in [-0.2, -0.15) is 0 Å². The second kappa shape index (κ2) is 7.38. The molecule has 0 aliphatic rings. The predicted octanol–water partition coefficient (Wildman–Crippen LogP) is 2.51. The maximum absolute atomic E-state index is 12.2. The van der Waals surface area contributed by atoms with Crippen LogP contribution in [0.3, 0.4) is 0 Å². The summed E-state index contributed by atoms with van der Waals surface area (Å²) in [5, 5.41) is 3.07. The summed E-state index contributed by atoms with van der Waals surface area (Å²) in [6.07, 6.45) is 0. The number of hydrogen-bond donors (Lipinski definition) is 2. The van der Waals surface area contributed by atoms with Crippen molar-refractivity contribution < 1.29 is 8.42 Å². The molecule has 1 atom stereocenters. The fourth-order valence-corrected chi connectivity index (χ4v) is 3.09. The van der Waals surface area contributed by atoms with E-state index in [-0.39, 0.29) is 17.1 Å². The van der Waals surface area contributed by atoms with Crippen molar-refractivity contribution in [3.63, 3.8) is 0 Å². The van der Waals surface area contributed by atoms with E-state index in [0.29, 0.717) is 6.54 Å². The third-order valence-corrected chi connectivity index (χ3v) is 5.14. The fraction of sp³-hybridized carbons (Fsp3) is 0.625. The van der Waals surface area contributed by atoms with Gasteiger partial charge in [0.15, 0.2) is 0 Å². The quantitative estimate of drug-likeness (QED) is 0.813. The van der Waals surface area contributed by atoms with E-state index in [1.54, 1.807) is 0 Å². The molecule has 0 heterocycles. The van der Waals surface area contributed by atoms with Crippen LogP contribution in [0.25, 0.3) is 0 Å². The van der Waals surface area contributed by atoms with E-state index in [4.69, 9.17) is 0 Å². The minimum Gasteiger partial charge on any atom is -0.316 e. The van der Waals surface area contributed by atoms with Gasteiger partial charge in [0.25, 0.3) is 0 Å². The molecule has 0 saturated carbocycles. The molecular weight excluding hydrogens is 284 g/mol. The van der Waals surface area contributed by atoms with Gasteiger partial charge in [-0.3, -0.25) is 0 Å². The number of nitrogens with one attached hydrogen (secondary N) is 2. The van der Waals surface area contributed by atoms with Crippen LogP contribution in [0, 0.1) is 11.3 Å². The smallest absolute Gasteiger partial charge is 0.215 e. The highest BCUT2D eigenvalue weighted by atomic mass is 32.2. The van der Waals surface area contributed by atoms with Crippen molar-refractivity contribution in [1.82, 2.24) is 10.0 Å². The molecule has 0 aliphatic heterocycles. The number of rotatable bonds is 7. The Morgan fingerprint density at radius 2 is 1.81 bits per heavy atom. The molecule has 1 aromatic rings. The van der Waals surface area contributed by atoms with Gasteiger partial charge in [0, 0.05) is 13.1 Å². The first-order valence-electron chi connectivity index (χ1n) is 7.34. The molecule has 5 heteroatoms. The van der Waals surface area contributed by atoms with Crippen molar-refractivity contribution in [2.24, 2.45) is 11.3 Å². The van der Waals surface area contributed by atoms with Crippen LogP contribution in [0.4, 0.5) is 0 Å². The normalized spacial score (nSPS) is 14.1. The molecule has 0 aromatic heterocycles. The summed E-state index contributed by atoms with van der Waals surface area (Å²) < 4.78 is 27.1. The Labute approximate surface area is 129 Å². The molecule has 0 bridgehead atoms. The minimum atomic E-state index is -3.29. The molecule has 21 heavy (non-hydrogen) atoms. The van der Waals surface area contributed by atoms with Crippen molar-refractivity contribution in [2.75, 3.05) is 13.6 Å². The summed E-state index contributed by atoms with van der Waals surface area (Å²) in [7, 11) is -1.42. The summed E-state index contributed by atoms with van der Waals surface area (Å²) in [4.78, 5) is 0. The van der Waals surface area contributed by atoms with Crippen LogP contribution in [0.5, 0.6) is 0 Å². The zero-order valence-corrected chi connectivity index (χ0v) is 14.5. The molecule has 1 aromatic carbocycles. The van der Waals surface area contributed by atoms with Gasteiger partial charge in [-0.15, -0.1) is 0 Å². The minimum absolute atomic E-state index is 0.0292. The molecule has 0 amide bonds. The van der Waals surface area contributed by atoms with Crippen molar-refractivity contribution in [2.45, 2.75) is 40.0 Å². The molecule has 0 spiro atoms. The second-order valence-corrected chi connectivity index (χ2v) is 8.53. The molecule has 0 fully saturated rings. The van der Waals surface area contributed by atoms with Crippen molar-refractivity contribution in [3.8, 4) is 0 Å². The second-order valence-electron chi connectivity index (χ2n) is 6.72. The third-order valence-electron chi connectivity index (χ3n) is 3.82. The SMILES string of the molecule is CNCc1cccc(CS(=O)(=O)NCC(C)C(C)(C)C)c1. The van der Waals surface area contributed by atoms with Gasteiger partial charge in [0.05, 0.1) is 5.75 Å². The maximum atomic E-state index is 12.2. The molecule has 2 N–H and O–H groups in total. The van der Waals surface area contributed by atoms with E-state index >= 15 is 0 Å². The number of hydrogen-bond acceptors (Lipinski definition) is 3. The average Bonchev–Trinajstić information content (AvgIpc) is 2.35. The highest BCUT2D eigenvalue weighted by molar-refractivity contribution is 7.88. The predicted molar refractivity (Wildman–Crippen MR) is 88.5 cm³/mol. The summed E-state index contributed by atoms with van der Waals surface area (Å²) in [5.41, 5.74) is 2.00. The van der Waals surface area contributed by atoms with E-state index in [0.717, 1.165) is 17.7 Å². The zero-order valence-electron chi connectivity index (χ0n) is 13.7. The zero-order chi connectivity index (χ0) is 16.1. The molecule has 1 rings (SSSR count). The van der Waals surface area contributed by atoms with Crippen LogP contribution in [-0.2, 0) is 22.3 Å². The van der Waals surface area contributed by atoms with Crippen LogP contribution < -0.4 is 10.0 Å². The van der Waals surface area contributed by atoms with E-state index in [9.17, 15) is 8.42 Å². The van der Waals surface area contributed by atoms with Gasteiger partial charge in [0.2, 0.25) is 10.0 Å². The number of benzene rings is 1. The van der Waals surface area contributed by atoms with Gasteiger partial charge in [-0.1, -0.05) is 52.0 Å². The lowest BCUT2D eigenvalue weighted by atomic mass is 9.82. The maximum Gasteiger partial charge on any atom is 0.215 e. The lowest BCUT2D eigenvalue weighted by molar-refractivity contribution is 0.263. The van der Waals surface area contributed by atoms with Crippen LogP contribution >= 0.6 is 0 Å². The Morgan fingerprint density at radius 3 is 2.38 bits per heavy atom. The van der Waals surface area contributed by atoms with E-state index in [1.807, 2.05) is 31.3 Å². The first-order chi connectivity index (χ1) is 9.64. The monoisotopic (exact) mass is 312 g/mol. The van der Waals surface area contributed by atoms with Crippen molar-refractivity contribution >= 4 is 10.0 Å². The Kier molecular flexibility index (Phi) is 6.38. The highest BCUT2D eigenvalue weighted by Crippen LogP contribution is 2.24. The number of sulfonamides is 1. The molecule has 0 aliphatic carbocycles. The third kappa shape index (κ3) is 6.59. The molecular formula is C16H28N2O2S. The van der Waals surface area contributed by atoms with Crippen LogP contribution in [0.2, 0.25) is 0 Å². The lowest BCUT2D eigenvalue weighted by Gasteiger charge is -2.27. The average molecular weight is 312 g/mol. The first kappa shape index (κ1) is 18.1. The Hall–Kier alpha value is -0.910. The Morgan fingerprint density at radius 1 is 1.19 bits per heavy atom. The lowest BCUT2D eigenvalue weighted by Crippen LogP contribution is -2.34. The summed E-state index contributed by atoms with van der Waals surface area (Å²) in [6.45, 7) is 9.63. The first-order valence-corrected chi connectivity index (χ1v) is 8.99. The molecule has 0 radical (unpaired) electrons. The fourth-order valence-electron chi connectivity index (χ4n) is 1.86. The molecule has 4 nitrogen and oxygen atoms in total. The molecule has 1 unspecified atom stereocenters. The van der Waals surface area contributed by atoms with Crippen molar-refractivity contribution in [3.05, 3.63) is 35.4 Å². The Bertz CT molecular complexity index is 548. The highest BCUT2D eigenvalue weighted by Gasteiger charge is 2.22. The summed E-state index contributed by atoms with van der Waals surface area (Å²) >= 11 is 0. The summed E-state index contributed by atoms with van der Waals surface area (Å²) in [6, 6.07) is 7.67. The van der Waals surface area contributed by atoms with Gasteiger partial charge >= 0.3 is 0 Å². The standard InChI is InChI=1S/C16H28N2O2S/c1-13(16(2,3)4)10-18-21(19,20)12-15-8-6-7-14(9-15)11-17-5/h6-9,13,17-18H,10-12H2,1-5H3. The van der Waals surface area contributed by atoms with E-state index in [1.165, 1.54) is 0 Å². The molecule has 120 valence electrons. The molecule has 0 saturated heterocycles. The van der Waals surface area contributed by atoms with Crippen molar-refractivity contribution in [1.29, 1.82) is 0 Å². The van der Waals surface area contributed by atoms with Gasteiger partial charge in [-0.25, -0.2) is 13.1 Å². The largest absolute Gasteiger partial charge is 0.316 e. The van der Waals surface area contributed by atoms with Crippen LogP contribution in [0.1, 0.15) is 38.8 Å². The van der Waals surface area contributed by atoms with Crippen LogP contribution in [0.15, 0.2) is 24.3 Å². The van der Waals surface area contributed by atoms with Gasteiger partial charge in [0.1, 0.15) is 0 Å². The van der Waals surface area contributed by atoms with E-state index in [2.05, 4.69) is 37.7 Å². The topological polar surface area (TPSA) is 58.2 Å². The Balaban J connectivity index is 2.66. The van der Waals surface area contributed by atoms with Crippen LogP contribution in [-0.4, -0.2) is 22.0 Å².